The van der Waals surface area contributed by atoms with Crippen LogP contribution in [-0.2, 0) is 0 Å². The van der Waals surface area contributed by atoms with E-state index >= 15 is 0 Å². The number of carbonyl (C=O) groups is 1. The Bertz CT molecular complexity index is 946. The first-order valence-corrected chi connectivity index (χ1v) is 8.25. The van der Waals surface area contributed by atoms with Crippen LogP contribution >= 0.6 is 11.6 Å². The molecule has 0 saturated heterocycles. The number of methoxy groups -OCH3 is 1. The van der Waals surface area contributed by atoms with E-state index in [-0.39, 0.29) is 11.6 Å². The SMILES string of the molecule is COc1ccccc1Nc1nccc(C(=O)Nc2ccc(C)c(Cl)c2)n1. The summed E-state index contributed by atoms with van der Waals surface area (Å²) in [4.78, 5) is 20.8. The van der Waals surface area contributed by atoms with Gasteiger partial charge in [-0.1, -0.05) is 29.8 Å². The molecule has 0 atom stereocenters. The molecule has 0 spiro atoms. The summed E-state index contributed by atoms with van der Waals surface area (Å²) in [6.45, 7) is 1.90. The first kappa shape index (κ1) is 17.7. The first-order valence-electron chi connectivity index (χ1n) is 7.87. The van der Waals surface area contributed by atoms with E-state index in [0.717, 1.165) is 5.56 Å². The van der Waals surface area contributed by atoms with Gasteiger partial charge < -0.3 is 15.4 Å². The number of hydrogen-bond donors (Lipinski definition) is 2. The maximum atomic E-state index is 12.4. The maximum absolute atomic E-state index is 12.4. The molecule has 132 valence electrons. The van der Waals surface area contributed by atoms with Gasteiger partial charge in [0.25, 0.3) is 5.91 Å². The Kier molecular flexibility index (Phi) is 5.34. The molecule has 0 aliphatic carbocycles. The highest BCUT2D eigenvalue weighted by molar-refractivity contribution is 6.31. The molecule has 26 heavy (non-hydrogen) atoms. The lowest BCUT2D eigenvalue weighted by Gasteiger charge is -2.10. The van der Waals surface area contributed by atoms with E-state index in [0.29, 0.717) is 28.1 Å². The van der Waals surface area contributed by atoms with Crippen LogP contribution in [0.15, 0.2) is 54.7 Å². The number of anilines is 3. The van der Waals surface area contributed by atoms with Crippen molar-refractivity contribution in [1.29, 1.82) is 0 Å². The Morgan fingerprint density at radius 1 is 1.15 bits per heavy atom. The van der Waals surface area contributed by atoms with E-state index in [1.54, 1.807) is 25.3 Å². The number of para-hydroxylation sites is 2. The molecule has 1 heterocycles. The van der Waals surface area contributed by atoms with Crippen molar-refractivity contribution in [3.05, 3.63) is 71.0 Å². The van der Waals surface area contributed by atoms with Crippen molar-refractivity contribution >= 4 is 34.8 Å². The van der Waals surface area contributed by atoms with E-state index in [9.17, 15) is 4.79 Å². The minimum atomic E-state index is -0.351. The third kappa shape index (κ3) is 4.10. The first-order chi connectivity index (χ1) is 12.6. The normalized spacial score (nSPS) is 10.3. The van der Waals surface area contributed by atoms with Gasteiger partial charge in [-0.3, -0.25) is 4.79 Å². The van der Waals surface area contributed by atoms with Crippen LogP contribution in [0.5, 0.6) is 5.75 Å². The quantitative estimate of drug-likeness (QED) is 0.696. The highest BCUT2D eigenvalue weighted by atomic mass is 35.5. The molecule has 0 saturated carbocycles. The number of nitrogens with one attached hydrogen (secondary N) is 2. The van der Waals surface area contributed by atoms with Gasteiger partial charge in [-0.15, -0.1) is 0 Å². The van der Waals surface area contributed by atoms with E-state index in [2.05, 4.69) is 20.6 Å². The van der Waals surface area contributed by atoms with E-state index in [1.165, 1.54) is 6.20 Å². The largest absolute Gasteiger partial charge is 0.495 e. The summed E-state index contributed by atoms with van der Waals surface area (Å²) in [6.07, 6.45) is 1.52. The molecule has 2 aromatic carbocycles. The van der Waals surface area contributed by atoms with Gasteiger partial charge in [0.05, 0.1) is 12.8 Å². The van der Waals surface area contributed by atoms with Gasteiger partial charge in [0, 0.05) is 16.9 Å². The van der Waals surface area contributed by atoms with Crippen LogP contribution in [0.25, 0.3) is 0 Å². The number of hydrogen-bond acceptors (Lipinski definition) is 5. The Morgan fingerprint density at radius 2 is 1.96 bits per heavy atom. The number of nitrogens with zero attached hydrogens (tertiary/aromatic N) is 2. The van der Waals surface area contributed by atoms with Crippen LogP contribution < -0.4 is 15.4 Å². The number of benzene rings is 2. The van der Waals surface area contributed by atoms with Gasteiger partial charge in [0.15, 0.2) is 0 Å². The van der Waals surface area contributed by atoms with E-state index in [4.69, 9.17) is 16.3 Å². The molecule has 0 aliphatic rings. The molecule has 2 N–H and O–H groups in total. The molecule has 6 nitrogen and oxygen atoms in total. The molecule has 0 aliphatic heterocycles. The number of aromatic nitrogens is 2. The maximum Gasteiger partial charge on any atom is 0.274 e. The lowest BCUT2D eigenvalue weighted by Crippen LogP contribution is -2.14. The smallest absolute Gasteiger partial charge is 0.274 e. The van der Waals surface area contributed by atoms with Crippen molar-refractivity contribution < 1.29 is 9.53 Å². The van der Waals surface area contributed by atoms with Crippen molar-refractivity contribution in [2.24, 2.45) is 0 Å². The van der Waals surface area contributed by atoms with Crippen LogP contribution in [0.2, 0.25) is 5.02 Å². The summed E-state index contributed by atoms with van der Waals surface area (Å²) in [5.41, 5.74) is 2.48. The fourth-order valence-corrected chi connectivity index (χ4v) is 2.46. The van der Waals surface area contributed by atoms with Crippen molar-refractivity contribution in [2.45, 2.75) is 6.92 Å². The predicted molar refractivity (Wildman–Crippen MR) is 102 cm³/mol. The van der Waals surface area contributed by atoms with Gasteiger partial charge in [-0.05, 0) is 42.8 Å². The zero-order chi connectivity index (χ0) is 18.5. The topological polar surface area (TPSA) is 76.1 Å². The molecular formula is C19H17ClN4O2. The second-order valence-electron chi connectivity index (χ2n) is 5.51. The summed E-state index contributed by atoms with van der Waals surface area (Å²) < 4.78 is 5.29. The van der Waals surface area contributed by atoms with Gasteiger partial charge in [-0.2, -0.15) is 0 Å². The molecule has 3 rings (SSSR count). The number of carbonyl (C=O) groups excluding carboxylic acids is 1. The van der Waals surface area contributed by atoms with Crippen molar-refractivity contribution in [3.63, 3.8) is 0 Å². The highest BCUT2D eigenvalue weighted by Gasteiger charge is 2.11. The zero-order valence-electron chi connectivity index (χ0n) is 14.3. The Morgan fingerprint density at radius 3 is 2.73 bits per heavy atom. The van der Waals surface area contributed by atoms with Crippen molar-refractivity contribution in [3.8, 4) is 5.75 Å². The third-order valence-electron chi connectivity index (χ3n) is 3.67. The highest BCUT2D eigenvalue weighted by Crippen LogP contribution is 2.25. The van der Waals surface area contributed by atoms with Gasteiger partial charge in [0.1, 0.15) is 11.4 Å². The van der Waals surface area contributed by atoms with Gasteiger partial charge in [0.2, 0.25) is 5.95 Å². The third-order valence-corrected chi connectivity index (χ3v) is 4.08. The summed E-state index contributed by atoms with van der Waals surface area (Å²) >= 11 is 6.09. The average molecular weight is 369 g/mol. The number of rotatable bonds is 5. The van der Waals surface area contributed by atoms with E-state index in [1.807, 2.05) is 37.3 Å². The zero-order valence-corrected chi connectivity index (χ0v) is 15.0. The van der Waals surface area contributed by atoms with Crippen molar-refractivity contribution in [2.75, 3.05) is 17.7 Å². The van der Waals surface area contributed by atoms with Crippen LogP contribution in [0, 0.1) is 6.92 Å². The average Bonchev–Trinajstić information content (AvgIpc) is 2.65. The monoisotopic (exact) mass is 368 g/mol. The number of aryl methyl sites for hydroxylation is 1. The molecule has 0 bridgehead atoms. The number of amides is 1. The van der Waals surface area contributed by atoms with Gasteiger partial charge >= 0.3 is 0 Å². The van der Waals surface area contributed by atoms with Crippen LogP contribution in [0.4, 0.5) is 17.3 Å². The van der Waals surface area contributed by atoms with Gasteiger partial charge in [-0.25, -0.2) is 9.97 Å². The minimum absolute atomic E-state index is 0.231. The molecule has 0 unspecified atom stereocenters. The Hall–Kier alpha value is -3.12. The summed E-state index contributed by atoms with van der Waals surface area (Å²) in [5.74, 6) is 0.597. The minimum Gasteiger partial charge on any atom is -0.495 e. The predicted octanol–water partition coefficient (Wildman–Crippen LogP) is 4.44. The number of halogens is 1. The summed E-state index contributed by atoms with van der Waals surface area (Å²) in [5, 5.41) is 6.41. The van der Waals surface area contributed by atoms with Crippen LogP contribution in [0.1, 0.15) is 16.1 Å². The van der Waals surface area contributed by atoms with E-state index < -0.39 is 0 Å². The molecular weight excluding hydrogens is 352 g/mol. The van der Waals surface area contributed by atoms with Crippen molar-refractivity contribution in [1.82, 2.24) is 9.97 Å². The molecule has 0 fully saturated rings. The fraction of sp³-hybridized carbons (Fsp3) is 0.105. The lowest BCUT2D eigenvalue weighted by atomic mass is 10.2. The molecule has 1 aromatic heterocycles. The fourth-order valence-electron chi connectivity index (χ4n) is 2.28. The van der Waals surface area contributed by atoms with Crippen LogP contribution in [-0.4, -0.2) is 23.0 Å². The summed E-state index contributed by atoms with van der Waals surface area (Å²) in [7, 11) is 1.58. The summed E-state index contributed by atoms with van der Waals surface area (Å²) in [6, 6.07) is 14.2. The Balaban J connectivity index is 1.78. The lowest BCUT2D eigenvalue weighted by molar-refractivity contribution is 0.102. The molecule has 3 aromatic rings. The molecule has 1 amide bonds. The molecule has 7 heteroatoms. The second kappa shape index (κ2) is 7.84. The number of ether oxygens (including phenoxy) is 1. The van der Waals surface area contributed by atoms with Crippen LogP contribution in [0.3, 0.4) is 0 Å². The standard InChI is InChI=1S/C19H17ClN4O2/c1-12-7-8-13(11-14(12)20)22-18(25)16-9-10-21-19(24-16)23-15-5-3-4-6-17(15)26-2/h3-11H,1-2H3,(H,22,25)(H,21,23,24). The Labute approximate surface area is 156 Å². The second-order valence-corrected chi connectivity index (χ2v) is 5.92. The molecule has 0 radical (unpaired) electrons.